The maximum absolute atomic E-state index is 12.0. The molecule has 1 aliphatic rings. The summed E-state index contributed by atoms with van der Waals surface area (Å²) in [4.78, 5) is 25.7. The van der Waals surface area contributed by atoms with E-state index in [-0.39, 0.29) is 18.5 Å². The standard InChI is InChI=1S/C23H30N4O4/c1-3-17-13-25-23(26-14-17)31-27-21(4-2)19-5-7-20(8-6-19)30-16-22(28)24-15-18-9-11-29-12-10-18/h5-8,13-14,18H,3-4,9-12,15-16H2,1-2H3,(H,24,28). The Morgan fingerprint density at radius 1 is 1.16 bits per heavy atom. The SMILES string of the molecule is CCC(=NOc1ncc(CC)cn1)c1ccc(OCC(=O)NCC2CCOCC2)cc1. The summed E-state index contributed by atoms with van der Waals surface area (Å²) in [6.45, 7) is 6.25. The summed E-state index contributed by atoms with van der Waals surface area (Å²) in [5.41, 5.74) is 2.72. The second-order valence-corrected chi connectivity index (χ2v) is 7.38. The fourth-order valence-corrected chi connectivity index (χ4v) is 3.14. The van der Waals surface area contributed by atoms with Crippen molar-refractivity contribution in [2.24, 2.45) is 11.1 Å². The second kappa shape index (κ2) is 12.0. The number of nitrogens with zero attached hydrogens (tertiary/aromatic N) is 3. The first kappa shape index (κ1) is 22.7. The van der Waals surface area contributed by atoms with Crippen LogP contribution in [-0.2, 0) is 16.0 Å². The van der Waals surface area contributed by atoms with Crippen molar-refractivity contribution in [2.75, 3.05) is 26.4 Å². The molecule has 8 nitrogen and oxygen atoms in total. The number of hydrogen-bond acceptors (Lipinski definition) is 7. The number of oxime groups is 1. The highest BCUT2D eigenvalue weighted by atomic mass is 16.6. The molecule has 2 heterocycles. The fourth-order valence-electron chi connectivity index (χ4n) is 3.14. The van der Waals surface area contributed by atoms with Gasteiger partial charge in [0, 0.05) is 32.2 Å². The summed E-state index contributed by atoms with van der Waals surface area (Å²) < 4.78 is 10.9. The topological polar surface area (TPSA) is 94.9 Å². The van der Waals surface area contributed by atoms with Crippen LogP contribution in [0.3, 0.4) is 0 Å². The molecular weight excluding hydrogens is 396 g/mol. The molecule has 0 aliphatic carbocycles. The molecule has 1 aromatic carbocycles. The van der Waals surface area contributed by atoms with Crippen LogP contribution in [0.5, 0.6) is 11.8 Å². The van der Waals surface area contributed by atoms with Crippen molar-refractivity contribution in [1.82, 2.24) is 15.3 Å². The lowest BCUT2D eigenvalue weighted by molar-refractivity contribution is -0.123. The molecule has 1 aliphatic heterocycles. The van der Waals surface area contributed by atoms with Gasteiger partial charge in [-0.25, -0.2) is 9.97 Å². The Labute approximate surface area is 183 Å². The number of carbonyl (C=O) groups is 1. The minimum Gasteiger partial charge on any atom is -0.484 e. The molecule has 0 saturated carbocycles. The van der Waals surface area contributed by atoms with Gasteiger partial charge in [0.1, 0.15) is 5.75 Å². The molecule has 0 spiro atoms. The van der Waals surface area contributed by atoms with E-state index in [2.05, 4.69) is 20.4 Å². The van der Waals surface area contributed by atoms with Crippen LogP contribution in [0.1, 0.15) is 44.2 Å². The van der Waals surface area contributed by atoms with E-state index in [1.165, 1.54) is 0 Å². The number of ether oxygens (including phenoxy) is 2. The van der Waals surface area contributed by atoms with E-state index in [0.717, 1.165) is 49.3 Å². The van der Waals surface area contributed by atoms with Crippen molar-refractivity contribution in [3.63, 3.8) is 0 Å². The number of rotatable bonds is 10. The van der Waals surface area contributed by atoms with Gasteiger partial charge in [-0.15, -0.1) is 0 Å². The van der Waals surface area contributed by atoms with Gasteiger partial charge in [0.25, 0.3) is 5.91 Å². The Morgan fingerprint density at radius 3 is 2.52 bits per heavy atom. The van der Waals surface area contributed by atoms with E-state index < -0.39 is 0 Å². The number of amides is 1. The first-order chi connectivity index (χ1) is 15.2. The van der Waals surface area contributed by atoms with Crippen molar-refractivity contribution in [3.05, 3.63) is 47.8 Å². The third-order valence-corrected chi connectivity index (χ3v) is 5.15. The lowest BCUT2D eigenvalue weighted by Crippen LogP contribution is -2.35. The van der Waals surface area contributed by atoms with E-state index in [1.807, 2.05) is 38.1 Å². The number of carbonyl (C=O) groups excluding carboxylic acids is 1. The van der Waals surface area contributed by atoms with Crippen LogP contribution < -0.4 is 14.9 Å². The van der Waals surface area contributed by atoms with E-state index in [4.69, 9.17) is 14.3 Å². The summed E-state index contributed by atoms with van der Waals surface area (Å²) in [6.07, 6.45) is 7.00. The molecule has 1 N–H and O–H groups in total. The van der Waals surface area contributed by atoms with E-state index in [1.54, 1.807) is 12.4 Å². The quantitative estimate of drug-likeness (QED) is 0.463. The predicted molar refractivity (Wildman–Crippen MR) is 117 cm³/mol. The number of nitrogens with one attached hydrogen (secondary N) is 1. The van der Waals surface area contributed by atoms with Crippen molar-refractivity contribution in [3.8, 4) is 11.8 Å². The van der Waals surface area contributed by atoms with Crippen LogP contribution in [-0.4, -0.2) is 48.0 Å². The van der Waals surface area contributed by atoms with Gasteiger partial charge >= 0.3 is 6.01 Å². The zero-order valence-corrected chi connectivity index (χ0v) is 18.2. The molecule has 0 unspecified atom stereocenters. The van der Waals surface area contributed by atoms with Crippen LogP contribution in [0.2, 0.25) is 0 Å². The van der Waals surface area contributed by atoms with Gasteiger partial charge in [-0.05, 0) is 67.0 Å². The minimum atomic E-state index is -0.117. The summed E-state index contributed by atoms with van der Waals surface area (Å²) in [5.74, 6) is 0.995. The molecule has 166 valence electrons. The van der Waals surface area contributed by atoms with Gasteiger partial charge in [0.2, 0.25) is 0 Å². The largest absolute Gasteiger partial charge is 0.484 e. The molecule has 0 atom stereocenters. The predicted octanol–water partition coefficient (Wildman–Crippen LogP) is 3.15. The van der Waals surface area contributed by atoms with E-state index >= 15 is 0 Å². The molecule has 31 heavy (non-hydrogen) atoms. The van der Waals surface area contributed by atoms with Crippen molar-refractivity contribution < 1.29 is 19.1 Å². The Kier molecular flexibility index (Phi) is 8.78. The third-order valence-electron chi connectivity index (χ3n) is 5.15. The monoisotopic (exact) mass is 426 g/mol. The van der Waals surface area contributed by atoms with Gasteiger partial charge in [0.05, 0.1) is 5.71 Å². The maximum Gasteiger partial charge on any atom is 0.345 e. The zero-order chi connectivity index (χ0) is 21.9. The van der Waals surface area contributed by atoms with Crippen LogP contribution >= 0.6 is 0 Å². The smallest absolute Gasteiger partial charge is 0.345 e. The molecule has 1 fully saturated rings. The molecule has 3 rings (SSSR count). The fraction of sp³-hybridized carbons (Fsp3) is 0.478. The van der Waals surface area contributed by atoms with Crippen molar-refractivity contribution >= 4 is 11.6 Å². The van der Waals surface area contributed by atoms with E-state index in [9.17, 15) is 4.79 Å². The Bertz CT molecular complexity index is 847. The van der Waals surface area contributed by atoms with Crippen molar-refractivity contribution in [1.29, 1.82) is 0 Å². The van der Waals surface area contributed by atoms with Crippen LogP contribution in [0.15, 0.2) is 41.8 Å². The number of aryl methyl sites for hydroxylation is 1. The van der Waals surface area contributed by atoms with Gasteiger partial charge in [-0.2, -0.15) is 0 Å². The molecule has 1 saturated heterocycles. The Hall–Kier alpha value is -3.00. The number of hydrogen-bond donors (Lipinski definition) is 1. The van der Waals surface area contributed by atoms with Gasteiger partial charge in [0.15, 0.2) is 6.61 Å². The Balaban J connectivity index is 1.47. The highest BCUT2D eigenvalue weighted by molar-refractivity contribution is 6.00. The summed E-state index contributed by atoms with van der Waals surface area (Å²) >= 11 is 0. The maximum atomic E-state index is 12.0. The minimum absolute atomic E-state index is 0.00844. The lowest BCUT2D eigenvalue weighted by Gasteiger charge is -2.22. The molecule has 1 amide bonds. The lowest BCUT2D eigenvalue weighted by atomic mass is 10.0. The molecule has 0 radical (unpaired) electrons. The zero-order valence-electron chi connectivity index (χ0n) is 18.2. The number of benzene rings is 1. The molecule has 2 aromatic rings. The average molecular weight is 427 g/mol. The highest BCUT2D eigenvalue weighted by Crippen LogP contribution is 2.15. The average Bonchev–Trinajstić information content (AvgIpc) is 2.83. The van der Waals surface area contributed by atoms with Crippen molar-refractivity contribution in [2.45, 2.75) is 39.5 Å². The molecule has 8 heteroatoms. The summed E-state index contributed by atoms with van der Waals surface area (Å²) in [5, 5.41) is 7.12. The molecule has 1 aromatic heterocycles. The first-order valence-corrected chi connectivity index (χ1v) is 10.8. The van der Waals surface area contributed by atoms with Gasteiger partial charge in [-0.1, -0.05) is 19.0 Å². The third kappa shape index (κ3) is 7.32. The second-order valence-electron chi connectivity index (χ2n) is 7.38. The Morgan fingerprint density at radius 2 is 1.87 bits per heavy atom. The summed E-state index contributed by atoms with van der Waals surface area (Å²) in [6, 6.07) is 7.64. The van der Waals surface area contributed by atoms with Crippen LogP contribution in [0, 0.1) is 5.92 Å². The highest BCUT2D eigenvalue weighted by Gasteiger charge is 2.14. The molecule has 0 bridgehead atoms. The van der Waals surface area contributed by atoms with Crippen LogP contribution in [0.4, 0.5) is 0 Å². The van der Waals surface area contributed by atoms with Gasteiger partial charge < -0.3 is 19.6 Å². The van der Waals surface area contributed by atoms with E-state index in [0.29, 0.717) is 24.6 Å². The number of aromatic nitrogens is 2. The first-order valence-electron chi connectivity index (χ1n) is 10.8. The summed E-state index contributed by atoms with van der Waals surface area (Å²) in [7, 11) is 0. The van der Waals surface area contributed by atoms with Gasteiger partial charge in [-0.3, -0.25) is 4.79 Å². The van der Waals surface area contributed by atoms with Crippen LogP contribution in [0.25, 0.3) is 0 Å². The molecular formula is C23H30N4O4. The normalized spacial score (nSPS) is 14.8.